The molecule has 0 radical (unpaired) electrons. The van der Waals surface area contributed by atoms with Crippen LogP contribution in [0.25, 0.3) is 80.8 Å². The SMILES string of the molecule is CC(C)(C)c1cc(-c2c3nc(cc4[nH]c(cc4/C=C/c4ccccc4)c(-c4cc(C(C)(C)C)cc(C(C)(C)C)c4)c4nc(cc5ccc2[nH]5)C=C4)C=C3)cc(C(C)(C)C)c1. The number of fused-ring (bicyclic) bond motifs is 8. The van der Waals surface area contributed by atoms with Crippen molar-refractivity contribution < 1.29 is 0 Å². The Morgan fingerprint density at radius 2 is 0.900 bits per heavy atom. The summed E-state index contributed by atoms with van der Waals surface area (Å²) in [6.45, 7) is 27.5. The Labute approximate surface area is 357 Å². The molecule has 2 N–H and O–H groups in total. The van der Waals surface area contributed by atoms with Gasteiger partial charge < -0.3 is 9.97 Å². The molecule has 0 fully saturated rings. The largest absolute Gasteiger partial charge is 0.355 e. The first-order valence-corrected chi connectivity index (χ1v) is 21.4. The van der Waals surface area contributed by atoms with Crippen LogP contribution in [0, 0.1) is 0 Å². The van der Waals surface area contributed by atoms with Crippen LogP contribution in [0.2, 0.25) is 0 Å². The highest BCUT2D eigenvalue weighted by molar-refractivity contribution is 5.96. The molecule has 0 unspecified atom stereocenters. The molecule has 0 saturated heterocycles. The van der Waals surface area contributed by atoms with Gasteiger partial charge in [0.25, 0.3) is 0 Å². The van der Waals surface area contributed by atoms with Gasteiger partial charge in [-0.15, -0.1) is 0 Å². The van der Waals surface area contributed by atoms with E-state index in [2.05, 4.69) is 227 Å². The first kappa shape index (κ1) is 40.8. The Morgan fingerprint density at radius 1 is 0.417 bits per heavy atom. The number of aromatic amines is 2. The maximum Gasteiger partial charge on any atom is 0.0736 e. The van der Waals surface area contributed by atoms with Crippen LogP contribution in [0.4, 0.5) is 0 Å². The lowest BCUT2D eigenvalue weighted by Crippen LogP contribution is -2.16. The van der Waals surface area contributed by atoms with Crippen LogP contribution in [-0.4, -0.2) is 19.9 Å². The van der Waals surface area contributed by atoms with Gasteiger partial charge in [-0.1, -0.05) is 162 Å². The lowest BCUT2D eigenvalue weighted by atomic mass is 9.78. The minimum Gasteiger partial charge on any atom is -0.355 e. The molecule has 3 aromatic heterocycles. The fraction of sp³-hybridized carbons (Fsp3) is 0.286. The van der Waals surface area contributed by atoms with E-state index in [-0.39, 0.29) is 21.7 Å². The molecule has 2 aliphatic rings. The van der Waals surface area contributed by atoms with E-state index in [1.807, 2.05) is 0 Å². The Morgan fingerprint density at radius 3 is 1.40 bits per heavy atom. The third kappa shape index (κ3) is 8.52. The summed E-state index contributed by atoms with van der Waals surface area (Å²) in [5.74, 6) is 0. The van der Waals surface area contributed by atoms with Gasteiger partial charge in [0.2, 0.25) is 0 Å². The quantitative estimate of drug-likeness (QED) is 0.187. The second-order valence-electron chi connectivity index (χ2n) is 20.8. The van der Waals surface area contributed by atoms with E-state index in [4.69, 9.17) is 9.97 Å². The summed E-state index contributed by atoms with van der Waals surface area (Å²) in [6, 6.07) is 35.7. The predicted molar refractivity (Wildman–Crippen MR) is 260 cm³/mol. The molecule has 3 aromatic carbocycles. The summed E-state index contributed by atoms with van der Waals surface area (Å²) >= 11 is 0. The number of hydrogen-bond acceptors (Lipinski definition) is 2. The van der Waals surface area contributed by atoms with Crippen molar-refractivity contribution in [3.63, 3.8) is 0 Å². The molecule has 0 saturated carbocycles. The number of benzene rings is 3. The molecule has 8 rings (SSSR count). The van der Waals surface area contributed by atoms with Gasteiger partial charge in [0.15, 0.2) is 0 Å². The Hall–Kier alpha value is -6.00. The van der Waals surface area contributed by atoms with Crippen LogP contribution in [0.1, 0.15) is 139 Å². The molecule has 2 aliphatic heterocycles. The van der Waals surface area contributed by atoms with Crippen LogP contribution in [-0.2, 0) is 21.7 Å². The molecule has 304 valence electrons. The molecule has 0 spiro atoms. The van der Waals surface area contributed by atoms with Crippen molar-refractivity contribution in [1.82, 2.24) is 19.9 Å². The van der Waals surface area contributed by atoms with Crippen LogP contribution in [0.5, 0.6) is 0 Å². The van der Waals surface area contributed by atoms with E-state index >= 15 is 0 Å². The van der Waals surface area contributed by atoms with Gasteiger partial charge in [-0.3, -0.25) is 0 Å². The van der Waals surface area contributed by atoms with Gasteiger partial charge in [-0.05, 0) is 115 Å². The Bertz CT molecular complexity index is 2820. The fourth-order valence-corrected chi connectivity index (χ4v) is 7.93. The van der Waals surface area contributed by atoms with E-state index in [9.17, 15) is 0 Å². The van der Waals surface area contributed by atoms with Crippen molar-refractivity contribution in [3.8, 4) is 22.3 Å². The molecule has 60 heavy (non-hydrogen) atoms. The molecule has 4 nitrogen and oxygen atoms in total. The highest BCUT2D eigenvalue weighted by atomic mass is 14.8. The van der Waals surface area contributed by atoms with Gasteiger partial charge in [0.1, 0.15) is 0 Å². The van der Waals surface area contributed by atoms with Gasteiger partial charge >= 0.3 is 0 Å². The third-order valence-corrected chi connectivity index (χ3v) is 11.7. The second-order valence-corrected chi connectivity index (χ2v) is 20.8. The standard InChI is InChI=1S/C56H60N4/c1-53(2,3)39-26-37(27-40(31-39)54(4,5)6)51-46-23-20-43(57-46)33-44-21-24-48(58-44)52(38-28-41(55(7,8)9)32-42(29-38)56(10,11)12)50-30-36(19-18-35-16-14-13-15-17-35)49(60-50)34-45-22-25-47(51)59-45/h13-34,57,60H,1-12H3/b19-18+,43-33?,44-33?,45-34?,49-34?,51-46?,51-47?,52-48?,52-50?. The van der Waals surface area contributed by atoms with E-state index in [1.165, 1.54) is 22.3 Å². The minimum atomic E-state index is -0.0454. The van der Waals surface area contributed by atoms with Crippen molar-refractivity contribution in [2.75, 3.05) is 0 Å². The third-order valence-electron chi connectivity index (χ3n) is 11.7. The predicted octanol–water partition coefficient (Wildman–Crippen LogP) is 15.3. The van der Waals surface area contributed by atoms with Crippen LogP contribution in [0.15, 0.2) is 97.1 Å². The monoisotopic (exact) mass is 788 g/mol. The maximum absolute atomic E-state index is 5.39. The summed E-state index contributed by atoms with van der Waals surface area (Å²) in [4.78, 5) is 18.4. The molecule has 4 heteroatoms. The number of hydrogen-bond donors (Lipinski definition) is 2. The molecule has 0 atom stereocenters. The molecule has 8 bridgehead atoms. The molecule has 6 aromatic rings. The number of aromatic nitrogens is 4. The summed E-state index contributed by atoms with van der Waals surface area (Å²) in [5.41, 5.74) is 19.4. The second kappa shape index (κ2) is 14.9. The lowest BCUT2D eigenvalue weighted by Gasteiger charge is -2.26. The average Bonchev–Trinajstić information content (AvgIpc) is 4.00. The zero-order valence-electron chi connectivity index (χ0n) is 37.6. The van der Waals surface area contributed by atoms with Gasteiger partial charge in [0.05, 0.1) is 22.8 Å². The zero-order chi connectivity index (χ0) is 42.8. The Kier molecular flexibility index (Phi) is 10.1. The summed E-state index contributed by atoms with van der Waals surface area (Å²) in [5, 5.41) is 0. The summed E-state index contributed by atoms with van der Waals surface area (Å²) in [7, 11) is 0. The van der Waals surface area contributed by atoms with Gasteiger partial charge in [-0.25, -0.2) is 9.97 Å². The van der Waals surface area contributed by atoms with Crippen molar-refractivity contribution in [3.05, 3.63) is 153 Å². The number of H-pyrrole nitrogens is 2. The van der Waals surface area contributed by atoms with Crippen LogP contribution in [0.3, 0.4) is 0 Å². The molecule has 0 aliphatic carbocycles. The minimum absolute atomic E-state index is 0.0314. The highest BCUT2D eigenvalue weighted by Gasteiger charge is 2.25. The molecule has 0 amide bonds. The average molecular weight is 789 g/mol. The van der Waals surface area contributed by atoms with Crippen molar-refractivity contribution in [2.24, 2.45) is 0 Å². The van der Waals surface area contributed by atoms with E-state index < -0.39 is 0 Å². The van der Waals surface area contributed by atoms with E-state index in [0.717, 1.165) is 78.2 Å². The Balaban J connectivity index is 1.48. The zero-order valence-corrected chi connectivity index (χ0v) is 37.6. The topological polar surface area (TPSA) is 57.4 Å². The van der Waals surface area contributed by atoms with Crippen molar-refractivity contribution in [1.29, 1.82) is 0 Å². The molecular weight excluding hydrogens is 729 g/mol. The first-order chi connectivity index (χ1) is 28.2. The number of rotatable bonds is 4. The van der Waals surface area contributed by atoms with Crippen molar-refractivity contribution in [2.45, 2.75) is 105 Å². The van der Waals surface area contributed by atoms with E-state index in [1.54, 1.807) is 0 Å². The number of nitrogens with one attached hydrogen (secondary N) is 2. The normalized spacial score (nSPS) is 13.5. The maximum atomic E-state index is 5.39. The number of nitrogens with zero attached hydrogens (tertiary/aromatic N) is 2. The van der Waals surface area contributed by atoms with Crippen LogP contribution < -0.4 is 0 Å². The fourth-order valence-electron chi connectivity index (χ4n) is 7.93. The van der Waals surface area contributed by atoms with Crippen molar-refractivity contribution >= 4 is 58.5 Å². The molecular formula is C56H60N4. The van der Waals surface area contributed by atoms with E-state index in [0.29, 0.717) is 0 Å². The first-order valence-electron chi connectivity index (χ1n) is 21.4. The lowest BCUT2D eigenvalue weighted by molar-refractivity contribution is 0.568. The summed E-state index contributed by atoms with van der Waals surface area (Å²) in [6.07, 6.45) is 13.0. The highest BCUT2D eigenvalue weighted by Crippen LogP contribution is 2.40. The van der Waals surface area contributed by atoms with Gasteiger partial charge in [0, 0.05) is 38.8 Å². The summed E-state index contributed by atoms with van der Waals surface area (Å²) < 4.78 is 0. The van der Waals surface area contributed by atoms with Gasteiger partial charge in [-0.2, -0.15) is 0 Å². The molecule has 5 heterocycles. The smallest absolute Gasteiger partial charge is 0.0736 e. The van der Waals surface area contributed by atoms with Crippen LogP contribution >= 0.6 is 0 Å².